The Labute approximate surface area is 167 Å². The average Bonchev–Trinajstić information content (AvgIpc) is 2.73. The number of hydrogen-bond acceptors (Lipinski definition) is 6. The summed E-state index contributed by atoms with van der Waals surface area (Å²) in [4.78, 5) is 26.6. The molecule has 0 atom stereocenters. The number of ketones is 1. The average molecular weight is 408 g/mol. The molecular weight excluding hydrogens is 392 g/mol. The summed E-state index contributed by atoms with van der Waals surface area (Å²) >= 11 is 0. The van der Waals surface area contributed by atoms with Gasteiger partial charge in [-0.25, -0.2) is 13.2 Å². The van der Waals surface area contributed by atoms with E-state index in [1.165, 1.54) is 18.2 Å². The van der Waals surface area contributed by atoms with Crippen molar-refractivity contribution < 1.29 is 22.7 Å². The summed E-state index contributed by atoms with van der Waals surface area (Å²) in [6.45, 7) is 0.221. The van der Waals surface area contributed by atoms with Gasteiger partial charge in [-0.15, -0.1) is 4.40 Å². The van der Waals surface area contributed by atoms with Crippen molar-refractivity contribution in [2.24, 2.45) is 4.40 Å². The Balaban J connectivity index is 1.52. The van der Waals surface area contributed by atoms with Gasteiger partial charge < -0.3 is 9.64 Å². The molecule has 0 saturated carbocycles. The van der Waals surface area contributed by atoms with Gasteiger partial charge in [0.1, 0.15) is 11.3 Å². The predicted octanol–water partition coefficient (Wildman–Crippen LogP) is 2.32. The van der Waals surface area contributed by atoms with Crippen LogP contribution in [0.1, 0.15) is 15.9 Å². The fourth-order valence-electron chi connectivity index (χ4n) is 2.97. The van der Waals surface area contributed by atoms with E-state index in [1.54, 1.807) is 53.6 Å². The molecule has 2 heterocycles. The van der Waals surface area contributed by atoms with Gasteiger partial charge in [0, 0.05) is 23.9 Å². The van der Waals surface area contributed by atoms with Crippen LogP contribution in [-0.4, -0.2) is 43.2 Å². The second kappa shape index (κ2) is 7.48. The van der Waals surface area contributed by atoms with Gasteiger partial charge in [-0.1, -0.05) is 30.3 Å². The third kappa shape index (κ3) is 4.02. The number of hydrogen-bond donors (Lipinski definition) is 0. The van der Waals surface area contributed by atoms with Crippen LogP contribution in [0.15, 0.2) is 82.9 Å². The summed E-state index contributed by atoms with van der Waals surface area (Å²) in [5.41, 5.74) is 1.08. The predicted molar refractivity (Wildman–Crippen MR) is 107 cm³/mol. The molecule has 2 aliphatic heterocycles. The molecule has 146 valence electrons. The van der Waals surface area contributed by atoms with Gasteiger partial charge in [0.2, 0.25) is 0 Å². The van der Waals surface area contributed by atoms with Crippen LogP contribution in [0, 0.1) is 0 Å². The molecule has 0 spiro atoms. The molecule has 0 aromatic heterocycles. The number of rotatable bonds is 4. The summed E-state index contributed by atoms with van der Waals surface area (Å²) in [6.07, 6.45) is 4.76. The van der Waals surface area contributed by atoms with E-state index in [4.69, 9.17) is 4.74 Å². The number of carbonyl (C=O) groups excluding carboxylic acids is 2. The van der Waals surface area contributed by atoms with Crippen molar-refractivity contribution in [1.29, 1.82) is 0 Å². The molecule has 2 aromatic carbocycles. The zero-order valence-electron chi connectivity index (χ0n) is 15.2. The van der Waals surface area contributed by atoms with E-state index < -0.39 is 16.0 Å². The minimum absolute atomic E-state index is 0.0552. The van der Waals surface area contributed by atoms with E-state index in [2.05, 4.69) is 4.40 Å². The lowest BCUT2D eigenvalue weighted by molar-refractivity contribution is -0.129. The maximum atomic E-state index is 12.6. The highest BCUT2D eigenvalue weighted by Crippen LogP contribution is 2.21. The molecule has 0 amide bonds. The number of sulfonamides is 1. The molecule has 2 aliphatic rings. The van der Waals surface area contributed by atoms with Crippen LogP contribution in [0.3, 0.4) is 0 Å². The van der Waals surface area contributed by atoms with E-state index in [9.17, 15) is 18.0 Å². The van der Waals surface area contributed by atoms with E-state index in [-0.39, 0.29) is 35.2 Å². The molecule has 0 bridgehead atoms. The molecule has 0 fully saturated rings. The molecule has 7 nitrogen and oxygen atoms in total. The SMILES string of the molecule is O=C(Oc1ccc(C(=O)c2ccccc2)cc1)C1=CC=CN2CCS(=O)(=O)N=C12. The topological polar surface area (TPSA) is 93.1 Å². The van der Waals surface area contributed by atoms with E-state index in [1.807, 2.05) is 6.07 Å². The van der Waals surface area contributed by atoms with Crippen molar-refractivity contribution >= 4 is 27.6 Å². The lowest BCUT2D eigenvalue weighted by atomic mass is 10.0. The first-order valence-electron chi connectivity index (χ1n) is 8.83. The van der Waals surface area contributed by atoms with Gasteiger partial charge in [-0.05, 0) is 36.4 Å². The van der Waals surface area contributed by atoms with Gasteiger partial charge in [0.05, 0.1) is 5.75 Å². The van der Waals surface area contributed by atoms with Gasteiger partial charge >= 0.3 is 5.97 Å². The first-order valence-corrected chi connectivity index (χ1v) is 10.4. The molecule has 0 aliphatic carbocycles. The Morgan fingerprint density at radius 3 is 2.38 bits per heavy atom. The molecule has 8 heteroatoms. The second-order valence-corrected chi connectivity index (χ2v) is 8.18. The van der Waals surface area contributed by atoms with Gasteiger partial charge in [0.15, 0.2) is 11.6 Å². The van der Waals surface area contributed by atoms with Crippen LogP contribution in [0.5, 0.6) is 5.75 Å². The Kier molecular flexibility index (Phi) is 4.85. The maximum Gasteiger partial charge on any atom is 0.347 e. The molecule has 4 rings (SSSR count). The number of esters is 1. The van der Waals surface area contributed by atoms with Crippen molar-refractivity contribution in [3.05, 3.63) is 89.6 Å². The minimum Gasteiger partial charge on any atom is -0.423 e. The normalized spacial score (nSPS) is 17.0. The third-order valence-electron chi connectivity index (χ3n) is 4.44. The highest BCUT2D eigenvalue weighted by molar-refractivity contribution is 7.90. The second-order valence-electron chi connectivity index (χ2n) is 6.43. The summed E-state index contributed by atoms with van der Waals surface area (Å²) in [5, 5.41) is 0. The number of ether oxygens (including phenoxy) is 1. The molecular formula is C21H16N2O5S. The first-order chi connectivity index (χ1) is 13.9. The van der Waals surface area contributed by atoms with Crippen molar-refractivity contribution in [1.82, 2.24) is 4.90 Å². The number of nitrogens with zero attached hydrogens (tertiary/aromatic N) is 2. The highest BCUT2D eigenvalue weighted by Gasteiger charge is 2.31. The lowest BCUT2D eigenvalue weighted by Crippen LogP contribution is -2.40. The van der Waals surface area contributed by atoms with Gasteiger partial charge in [-0.3, -0.25) is 4.79 Å². The maximum absolute atomic E-state index is 12.6. The van der Waals surface area contributed by atoms with Crippen LogP contribution in [0.4, 0.5) is 0 Å². The number of fused-ring (bicyclic) bond motifs is 1. The molecule has 0 unspecified atom stereocenters. The molecule has 29 heavy (non-hydrogen) atoms. The first kappa shape index (κ1) is 18.8. The molecule has 2 aromatic rings. The Morgan fingerprint density at radius 1 is 0.966 bits per heavy atom. The van der Waals surface area contributed by atoms with Crippen molar-refractivity contribution in [3.63, 3.8) is 0 Å². The molecule has 0 saturated heterocycles. The largest absolute Gasteiger partial charge is 0.423 e. The quantitative estimate of drug-likeness (QED) is 0.438. The van der Waals surface area contributed by atoms with Crippen LogP contribution in [-0.2, 0) is 14.8 Å². The standard InChI is InChI=1S/C21H16N2O5S/c24-19(15-5-2-1-3-6-15)16-8-10-17(11-9-16)28-21(25)18-7-4-12-23-13-14-29(26,27)22-20(18)23/h1-12H,13-14H2. The minimum atomic E-state index is -3.61. The highest BCUT2D eigenvalue weighted by atomic mass is 32.2. The lowest BCUT2D eigenvalue weighted by Gasteiger charge is -2.28. The van der Waals surface area contributed by atoms with Crippen molar-refractivity contribution in [2.75, 3.05) is 12.3 Å². The Morgan fingerprint density at radius 2 is 1.66 bits per heavy atom. The number of allylic oxidation sites excluding steroid dienone is 2. The third-order valence-corrected chi connectivity index (χ3v) is 5.59. The van der Waals surface area contributed by atoms with E-state index in [0.29, 0.717) is 11.1 Å². The van der Waals surface area contributed by atoms with Crippen LogP contribution in [0.25, 0.3) is 0 Å². The number of carbonyl (C=O) groups is 2. The fraction of sp³-hybridized carbons (Fsp3) is 0.0952. The molecule has 0 radical (unpaired) electrons. The smallest absolute Gasteiger partial charge is 0.347 e. The summed E-state index contributed by atoms with van der Waals surface area (Å²) in [7, 11) is -3.61. The van der Waals surface area contributed by atoms with Crippen LogP contribution >= 0.6 is 0 Å². The number of amidine groups is 1. The monoisotopic (exact) mass is 408 g/mol. The zero-order chi connectivity index (χ0) is 20.4. The summed E-state index contributed by atoms with van der Waals surface area (Å²) in [6, 6.07) is 15.0. The van der Waals surface area contributed by atoms with Crippen molar-refractivity contribution in [2.45, 2.75) is 0 Å². The van der Waals surface area contributed by atoms with Crippen LogP contribution < -0.4 is 4.74 Å². The zero-order valence-corrected chi connectivity index (χ0v) is 16.0. The van der Waals surface area contributed by atoms with Crippen LogP contribution in [0.2, 0.25) is 0 Å². The van der Waals surface area contributed by atoms with Crippen molar-refractivity contribution in [3.8, 4) is 5.75 Å². The van der Waals surface area contributed by atoms with Gasteiger partial charge in [-0.2, -0.15) is 0 Å². The Hall–Kier alpha value is -3.52. The molecule has 0 N–H and O–H groups in total. The summed E-state index contributed by atoms with van der Waals surface area (Å²) in [5.74, 6) is -0.682. The van der Waals surface area contributed by atoms with E-state index >= 15 is 0 Å². The van der Waals surface area contributed by atoms with Gasteiger partial charge in [0.25, 0.3) is 10.0 Å². The van der Waals surface area contributed by atoms with E-state index in [0.717, 1.165) is 0 Å². The Bertz CT molecular complexity index is 1160. The fourth-order valence-corrected chi connectivity index (χ4v) is 3.95. The number of benzene rings is 2. The summed E-state index contributed by atoms with van der Waals surface area (Å²) < 4.78 is 32.7.